The van der Waals surface area contributed by atoms with E-state index in [1.807, 2.05) is 0 Å². The fraction of sp³-hybridized carbons (Fsp3) is 0.500. The van der Waals surface area contributed by atoms with Gasteiger partial charge in [0.2, 0.25) is 0 Å². The van der Waals surface area contributed by atoms with E-state index in [9.17, 15) is 9.90 Å². The molecular formula is C14H18BrNO5. The maximum absolute atomic E-state index is 12.2. The van der Waals surface area contributed by atoms with Crippen LogP contribution in [0.5, 0.6) is 11.5 Å². The first-order valence-electron chi connectivity index (χ1n) is 6.49. The summed E-state index contributed by atoms with van der Waals surface area (Å²) in [6.07, 6.45) is 0.514. The first kappa shape index (κ1) is 16.1. The van der Waals surface area contributed by atoms with Crippen LogP contribution in [0.15, 0.2) is 16.6 Å². The van der Waals surface area contributed by atoms with E-state index in [0.29, 0.717) is 34.6 Å². The molecule has 7 heteroatoms. The van der Waals surface area contributed by atoms with E-state index in [1.54, 1.807) is 12.1 Å². The van der Waals surface area contributed by atoms with Crippen LogP contribution in [0.2, 0.25) is 0 Å². The minimum atomic E-state index is -0.987. The number of carbonyl (C=O) groups is 1. The molecule has 1 saturated heterocycles. The van der Waals surface area contributed by atoms with Crippen LogP contribution in [0.1, 0.15) is 16.8 Å². The van der Waals surface area contributed by atoms with Crippen molar-refractivity contribution >= 4 is 21.8 Å². The summed E-state index contributed by atoms with van der Waals surface area (Å²) < 4.78 is 16.2. The second kappa shape index (κ2) is 6.64. The minimum Gasteiger partial charge on any atom is -0.495 e. The highest BCUT2D eigenvalue weighted by molar-refractivity contribution is 9.10. The molecule has 21 heavy (non-hydrogen) atoms. The Hall–Kier alpha value is -1.31. The van der Waals surface area contributed by atoms with Gasteiger partial charge >= 0.3 is 0 Å². The third-order valence-electron chi connectivity index (χ3n) is 3.37. The van der Waals surface area contributed by atoms with Crippen molar-refractivity contribution in [1.82, 2.24) is 5.32 Å². The van der Waals surface area contributed by atoms with Gasteiger partial charge in [-0.15, -0.1) is 0 Å². The van der Waals surface area contributed by atoms with E-state index < -0.39 is 5.60 Å². The highest BCUT2D eigenvalue weighted by Crippen LogP contribution is 2.35. The lowest BCUT2D eigenvalue weighted by molar-refractivity contribution is 0.0264. The number of amides is 1. The molecular weight excluding hydrogens is 342 g/mol. The van der Waals surface area contributed by atoms with E-state index in [1.165, 1.54) is 14.2 Å². The van der Waals surface area contributed by atoms with E-state index in [4.69, 9.17) is 14.2 Å². The molecule has 0 radical (unpaired) electrons. The van der Waals surface area contributed by atoms with Gasteiger partial charge in [0.1, 0.15) is 21.6 Å². The van der Waals surface area contributed by atoms with Crippen molar-refractivity contribution in [2.24, 2.45) is 0 Å². The Morgan fingerprint density at radius 3 is 2.52 bits per heavy atom. The molecule has 1 aromatic rings. The summed E-state index contributed by atoms with van der Waals surface area (Å²) in [5.74, 6) is 0.698. The van der Waals surface area contributed by atoms with Gasteiger partial charge in [0.05, 0.1) is 20.8 Å². The third kappa shape index (κ3) is 3.66. The van der Waals surface area contributed by atoms with E-state index in [0.717, 1.165) is 0 Å². The van der Waals surface area contributed by atoms with Crippen LogP contribution in [0.3, 0.4) is 0 Å². The summed E-state index contributed by atoms with van der Waals surface area (Å²) in [4.78, 5) is 12.2. The summed E-state index contributed by atoms with van der Waals surface area (Å²) in [5, 5.41) is 12.8. The molecule has 1 aliphatic rings. The average Bonchev–Trinajstić information content (AvgIpc) is 2.92. The molecule has 1 aromatic carbocycles. The Balaban J connectivity index is 2.11. The number of halogens is 1. The topological polar surface area (TPSA) is 77.0 Å². The van der Waals surface area contributed by atoms with Gasteiger partial charge in [-0.25, -0.2) is 0 Å². The van der Waals surface area contributed by atoms with Crippen molar-refractivity contribution in [3.63, 3.8) is 0 Å². The predicted molar refractivity (Wildman–Crippen MR) is 80.0 cm³/mol. The van der Waals surface area contributed by atoms with Gasteiger partial charge in [-0.2, -0.15) is 0 Å². The Morgan fingerprint density at radius 2 is 2.05 bits per heavy atom. The van der Waals surface area contributed by atoms with Crippen LogP contribution < -0.4 is 14.8 Å². The van der Waals surface area contributed by atoms with Gasteiger partial charge in [0.15, 0.2) is 0 Å². The van der Waals surface area contributed by atoms with Gasteiger partial charge in [0, 0.05) is 25.1 Å². The molecule has 0 bridgehead atoms. The normalized spacial score (nSPS) is 21.1. The first-order valence-corrected chi connectivity index (χ1v) is 7.28. The second-order valence-electron chi connectivity index (χ2n) is 4.90. The maximum Gasteiger partial charge on any atom is 0.251 e. The monoisotopic (exact) mass is 359 g/mol. The fourth-order valence-electron chi connectivity index (χ4n) is 2.08. The number of nitrogens with one attached hydrogen (secondary N) is 1. The first-order chi connectivity index (χ1) is 9.99. The van der Waals surface area contributed by atoms with E-state index in [-0.39, 0.29) is 19.1 Å². The van der Waals surface area contributed by atoms with Crippen LogP contribution in [0.25, 0.3) is 0 Å². The summed E-state index contributed by atoms with van der Waals surface area (Å²) in [6.45, 7) is 0.888. The Kier molecular flexibility index (Phi) is 5.08. The molecule has 2 N–H and O–H groups in total. The summed E-state index contributed by atoms with van der Waals surface area (Å²) in [7, 11) is 3.03. The SMILES string of the molecule is COc1cc(C(=O)NCC2(O)CCOC2)cc(OC)c1Br. The zero-order valence-corrected chi connectivity index (χ0v) is 13.5. The van der Waals surface area contributed by atoms with Crippen molar-refractivity contribution < 1.29 is 24.1 Å². The van der Waals surface area contributed by atoms with Gasteiger partial charge in [-0.05, 0) is 28.1 Å². The second-order valence-corrected chi connectivity index (χ2v) is 5.70. The number of carbonyl (C=O) groups excluding carboxylic acids is 1. The quantitative estimate of drug-likeness (QED) is 0.829. The van der Waals surface area contributed by atoms with Crippen molar-refractivity contribution in [3.05, 3.63) is 22.2 Å². The molecule has 2 rings (SSSR count). The summed E-state index contributed by atoms with van der Waals surface area (Å²) in [6, 6.07) is 3.22. The Morgan fingerprint density at radius 1 is 1.43 bits per heavy atom. The predicted octanol–water partition coefficient (Wildman–Crippen LogP) is 1.35. The molecule has 0 aliphatic carbocycles. The Bertz CT molecular complexity index is 503. The van der Waals surface area contributed by atoms with Crippen LogP contribution in [0.4, 0.5) is 0 Å². The minimum absolute atomic E-state index is 0.145. The number of ether oxygens (including phenoxy) is 3. The lowest BCUT2D eigenvalue weighted by Gasteiger charge is -2.20. The number of benzene rings is 1. The lowest BCUT2D eigenvalue weighted by atomic mass is 10.0. The average molecular weight is 360 g/mol. The van der Waals surface area contributed by atoms with Gasteiger partial charge in [-0.1, -0.05) is 0 Å². The highest BCUT2D eigenvalue weighted by atomic mass is 79.9. The Labute approximate surface area is 131 Å². The van der Waals surface area contributed by atoms with Crippen molar-refractivity contribution in [1.29, 1.82) is 0 Å². The van der Waals surface area contributed by atoms with Gasteiger partial charge in [0.25, 0.3) is 5.91 Å². The highest BCUT2D eigenvalue weighted by Gasteiger charge is 2.32. The van der Waals surface area contributed by atoms with E-state index in [2.05, 4.69) is 21.2 Å². The number of aliphatic hydroxyl groups is 1. The van der Waals surface area contributed by atoms with Crippen molar-refractivity contribution in [3.8, 4) is 11.5 Å². The number of methoxy groups -OCH3 is 2. The van der Waals surface area contributed by atoms with Crippen molar-refractivity contribution in [2.75, 3.05) is 34.0 Å². The van der Waals surface area contributed by atoms with Crippen molar-refractivity contribution in [2.45, 2.75) is 12.0 Å². The molecule has 1 heterocycles. The fourth-order valence-corrected chi connectivity index (χ4v) is 2.64. The molecule has 1 unspecified atom stereocenters. The maximum atomic E-state index is 12.2. The van der Waals surface area contributed by atoms with Crippen LogP contribution in [-0.4, -0.2) is 50.6 Å². The van der Waals surface area contributed by atoms with Gasteiger partial charge in [-0.3, -0.25) is 4.79 Å². The van der Waals surface area contributed by atoms with Crippen LogP contribution >= 0.6 is 15.9 Å². The largest absolute Gasteiger partial charge is 0.495 e. The lowest BCUT2D eigenvalue weighted by Crippen LogP contribution is -2.43. The summed E-state index contributed by atoms with van der Waals surface area (Å²) >= 11 is 3.35. The van der Waals surface area contributed by atoms with Crippen LogP contribution in [-0.2, 0) is 4.74 Å². The standard InChI is InChI=1S/C14H18BrNO5/c1-19-10-5-9(6-11(20-2)12(10)15)13(17)16-7-14(18)3-4-21-8-14/h5-6,18H,3-4,7-8H2,1-2H3,(H,16,17). The molecule has 1 amide bonds. The molecule has 0 spiro atoms. The zero-order chi connectivity index (χ0) is 15.5. The molecule has 116 valence electrons. The third-order valence-corrected chi connectivity index (χ3v) is 4.15. The van der Waals surface area contributed by atoms with Gasteiger partial charge < -0.3 is 24.6 Å². The van der Waals surface area contributed by atoms with E-state index >= 15 is 0 Å². The molecule has 1 atom stereocenters. The number of hydrogen-bond donors (Lipinski definition) is 2. The summed E-state index contributed by atoms with van der Waals surface area (Å²) in [5.41, 5.74) is -0.589. The molecule has 0 saturated carbocycles. The molecule has 1 aliphatic heterocycles. The number of rotatable bonds is 5. The molecule has 6 nitrogen and oxygen atoms in total. The molecule has 0 aromatic heterocycles. The smallest absolute Gasteiger partial charge is 0.251 e. The number of hydrogen-bond acceptors (Lipinski definition) is 5. The van der Waals surface area contributed by atoms with Crippen LogP contribution in [0, 0.1) is 0 Å². The molecule has 1 fully saturated rings. The zero-order valence-electron chi connectivity index (χ0n) is 11.9.